The summed E-state index contributed by atoms with van der Waals surface area (Å²) >= 11 is 1.45. The van der Waals surface area contributed by atoms with Crippen molar-refractivity contribution in [3.63, 3.8) is 0 Å². The highest BCUT2D eigenvalue weighted by Crippen LogP contribution is 2.18. The van der Waals surface area contributed by atoms with Crippen LogP contribution in [0, 0.1) is 0 Å². The topological polar surface area (TPSA) is 72.7 Å². The van der Waals surface area contributed by atoms with E-state index < -0.39 is 0 Å². The van der Waals surface area contributed by atoms with Crippen LogP contribution in [-0.4, -0.2) is 19.7 Å². The van der Waals surface area contributed by atoms with Crippen LogP contribution in [0.1, 0.15) is 10.6 Å². The average molecular weight is 349 g/mol. The molecule has 0 unspecified atom stereocenters. The van der Waals surface area contributed by atoms with Gasteiger partial charge in [0.15, 0.2) is 0 Å². The van der Waals surface area contributed by atoms with Crippen LogP contribution in [0.2, 0.25) is 0 Å². The Morgan fingerprint density at radius 3 is 2.68 bits per heavy atom. The number of rotatable bonds is 5. The molecular weight excluding hydrogens is 334 g/mol. The van der Waals surface area contributed by atoms with Gasteiger partial charge in [-0.15, -0.1) is 10.2 Å². The predicted octanol–water partition coefficient (Wildman–Crippen LogP) is 2.91. The number of anilines is 1. The van der Waals surface area contributed by atoms with E-state index in [1.54, 1.807) is 4.57 Å². The van der Waals surface area contributed by atoms with Crippen molar-refractivity contribution >= 4 is 27.5 Å². The molecule has 2 aromatic heterocycles. The van der Waals surface area contributed by atoms with E-state index in [1.165, 1.54) is 23.1 Å². The Bertz CT molecular complexity index is 1060. The molecule has 0 aliphatic carbocycles. The molecule has 0 atom stereocenters. The Balaban J connectivity index is 1.54. The Morgan fingerprint density at radius 1 is 1.00 bits per heavy atom. The highest BCUT2D eigenvalue weighted by Gasteiger charge is 2.09. The number of benzene rings is 2. The van der Waals surface area contributed by atoms with Gasteiger partial charge in [0.05, 0.1) is 23.8 Å². The molecular formula is C18H15N5OS. The molecule has 2 aromatic carbocycles. The van der Waals surface area contributed by atoms with E-state index in [4.69, 9.17) is 0 Å². The van der Waals surface area contributed by atoms with Crippen LogP contribution in [0.25, 0.3) is 11.0 Å². The number of fused-ring (bicyclic) bond motifs is 1. The quantitative estimate of drug-likeness (QED) is 0.600. The first-order chi connectivity index (χ1) is 12.3. The van der Waals surface area contributed by atoms with Crippen LogP contribution >= 0.6 is 11.3 Å². The van der Waals surface area contributed by atoms with E-state index >= 15 is 0 Å². The highest BCUT2D eigenvalue weighted by atomic mass is 32.1. The zero-order valence-corrected chi connectivity index (χ0v) is 14.1. The van der Waals surface area contributed by atoms with Gasteiger partial charge in [-0.2, -0.15) is 0 Å². The van der Waals surface area contributed by atoms with Crippen molar-refractivity contribution in [3.8, 4) is 0 Å². The van der Waals surface area contributed by atoms with E-state index in [0.29, 0.717) is 13.1 Å². The van der Waals surface area contributed by atoms with Gasteiger partial charge in [-0.05, 0) is 17.7 Å². The molecule has 25 heavy (non-hydrogen) atoms. The largest absolute Gasteiger partial charge is 0.356 e. The standard InChI is InChI=1S/C18H15N5OS/c24-17-11-19-14-8-4-5-9-15(14)23(17)12-16-21-22-18(25-16)20-10-13-6-2-1-3-7-13/h1-9,11H,10,12H2,(H,20,22). The van der Waals surface area contributed by atoms with Gasteiger partial charge in [0.1, 0.15) is 5.01 Å². The molecule has 0 fully saturated rings. The fourth-order valence-corrected chi connectivity index (χ4v) is 3.30. The SMILES string of the molecule is O=c1cnc2ccccc2n1Cc1nnc(NCc2ccccc2)s1. The first kappa shape index (κ1) is 15.5. The maximum absolute atomic E-state index is 12.2. The monoisotopic (exact) mass is 349 g/mol. The number of para-hydroxylation sites is 2. The summed E-state index contributed by atoms with van der Waals surface area (Å²) in [5.74, 6) is 0. The summed E-state index contributed by atoms with van der Waals surface area (Å²) in [5.41, 5.74) is 2.61. The van der Waals surface area contributed by atoms with Crippen molar-refractivity contribution in [2.75, 3.05) is 5.32 Å². The molecule has 4 aromatic rings. The number of nitrogens with one attached hydrogen (secondary N) is 1. The molecule has 0 amide bonds. The first-order valence-corrected chi connectivity index (χ1v) is 8.66. The van der Waals surface area contributed by atoms with Gasteiger partial charge in [-0.1, -0.05) is 53.8 Å². The molecule has 124 valence electrons. The van der Waals surface area contributed by atoms with E-state index in [-0.39, 0.29) is 5.56 Å². The van der Waals surface area contributed by atoms with Gasteiger partial charge < -0.3 is 5.32 Å². The smallest absolute Gasteiger partial charge is 0.269 e. The lowest BCUT2D eigenvalue weighted by Crippen LogP contribution is -2.20. The second-order valence-corrected chi connectivity index (χ2v) is 6.57. The van der Waals surface area contributed by atoms with Crippen molar-refractivity contribution in [2.24, 2.45) is 0 Å². The van der Waals surface area contributed by atoms with Gasteiger partial charge in [0, 0.05) is 6.54 Å². The van der Waals surface area contributed by atoms with Gasteiger partial charge >= 0.3 is 0 Å². The summed E-state index contributed by atoms with van der Waals surface area (Å²) in [6.45, 7) is 1.07. The third-order valence-electron chi connectivity index (χ3n) is 3.80. The van der Waals surface area contributed by atoms with Crippen LogP contribution in [-0.2, 0) is 13.1 Å². The fraction of sp³-hybridized carbons (Fsp3) is 0.111. The molecule has 0 saturated carbocycles. The van der Waals surface area contributed by atoms with E-state index in [1.807, 2.05) is 42.5 Å². The van der Waals surface area contributed by atoms with Crippen molar-refractivity contribution in [1.29, 1.82) is 0 Å². The minimum absolute atomic E-state index is 0.146. The molecule has 6 nitrogen and oxygen atoms in total. The summed E-state index contributed by atoms with van der Waals surface area (Å²) in [5, 5.41) is 13.1. The summed E-state index contributed by atoms with van der Waals surface area (Å²) in [4.78, 5) is 16.4. The molecule has 1 N–H and O–H groups in total. The van der Waals surface area contributed by atoms with E-state index in [9.17, 15) is 4.79 Å². The molecule has 0 spiro atoms. The van der Waals surface area contributed by atoms with Crippen molar-refractivity contribution in [3.05, 3.63) is 81.7 Å². The lowest BCUT2D eigenvalue weighted by atomic mass is 10.2. The number of aromatic nitrogens is 4. The molecule has 7 heteroatoms. The average Bonchev–Trinajstić information content (AvgIpc) is 3.11. The molecule has 4 rings (SSSR count). The Kier molecular flexibility index (Phi) is 4.22. The molecule has 2 heterocycles. The molecule has 0 bridgehead atoms. The minimum atomic E-state index is -0.146. The van der Waals surface area contributed by atoms with Crippen molar-refractivity contribution in [2.45, 2.75) is 13.1 Å². The Hall–Kier alpha value is -3.06. The number of hydrogen-bond acceptors (Lipinski definition) is 6. The Labute approximate surface area is 147 Å². The zero-order chi connectivity index (χ0) is 17.1. The predicted molar refractivity (Wildman–Crippen MR) is 98.8 cm³/mol. The van der Waals surface area contributed by atoms with Gasteiger partial charge in [-0.3, -0.25) is 9.36 Å². The van der Waals surface area contributed by atoms with E-state index in [0.717, 1.165) is 21.2 Å². The second kappa shape index (κ2) is 6.82. The summed E-state index contributed by atoms with van der Waals surface area (Å²) < 4.78 is 1.67. The third kappa shape index (κ3) is 3.41. The van der Waals surface area contributed by atoms with Crippen LogP contribution in [0.4, 0.5) is 5.13 Å². The first-order valence-electron chi connectivity index (χ1n) is 7.84. The zero-order valence-electron chi connectivity index (χ0n) is 13.3. The van der Waals surface area contributed by atoms with Gasteiger partial charge in [0.2, 0.25) is 5.13 Å². The van der Waals surface area contributed by atoms with E-state index in [2.05, 4.69) is 32.6 Å². The maximum atomic E-state index is 12.2. The van der Waals surface area contributed by atoms with Crippen molar-refractivity contribution < 1.29 is 0 Å². The van der Waals surface area contributed by atoms with Crippen LogP contribution < -0.4 is 10.9 Å². The molecule has 0 aliphatic rings. The second-order valence-electron chi connectivity index (χ2n) is 5.51. The summed E-state index contributed by atoms with van der Waals surface area (Å²) in [7, 11) is 0. The van der Waals surface area contributed by atoms with Crippen LogP contribution in [0.5, 0.6) is 0 Å². The van der Waals surface area contributed by atoms with Crippen LogP contribution in [0.3, 0.4) is 0 Å². The highest BCUT2D eigenvalue weighted by molar-refractivity contribution is 7.15. The van der Waals surface area contributed by atoms with Gasteiger partial charge in [0.25, 0.3) is 5.56 Å². The van der Waals surface area contributed by atoms with Crippen molar-refractivity contribution in [1.82, 2.24) is 19.7 Å². The lowest BCUT2D eigenvalue weighted by Gasteiger charge is -2.06. The maximum Gasteiger partial charge on any atom is 0.269 e. The number of nitrogens with zero attached hydrogens (tertiary/aromatic N) is 4. The normalized spacial score (nSPS) is 10.9. The number of hydrogen-bond donors (Lipinski definition) is 1. The van der Waals surface area contributed by atoms with Gasteiger partial charge in [-0.25, -0.2) is 4.98 Å². The molecule has 0 radical (unpaired) electrons. The lowest BCUT2D eigenvalue weighted by molar-refractivity contribution is 0.768. The summed E-state index contributed by atoms with van der Waals surface area (Å²) in [6.07, 6.45) is 1.35. The summed E-state index contributed by atoms with van der Waals surface area (Å²) in [6, 6.07) is 17.7. The van der Waals surface area contributed by atoms with Crippen LogP contribution in [0.15, 0.2) is 65.6 Å². The Morgan fingerprint density at radius 2 is 1.80 bits per heavy atom. The minimum Gasteiger partial charge on any atom is -0.356 e. The molecule has 0 aliphatic heterocycles. The molecule has 0 saturated heterocycles. The fourth-order valence-electron chi connectivity index (χ4n) is 2.58. The third-order valence-corrected chi connectivity index (χ3v) is 4.67.